The largest absolute Gasteiger partial charge is 0.497 e. The summed E-state index contributed by atoms with van der Waals surface area (Å²) in [5.74, 6) is -0.644. The van der Waals surface area contributed by atoms with E-state index >= 15 is 0 Å². The van der Waals surface area contributed by atoms with Gasteiger partial charge in [-0.15, -0.1) is 11.8 Å². The Balaban J connectivity index is 1.42. The Morgan fingerprint density at radius 3 is 2.11 bits per heavy atom. The van der Waals surface area contributed by atoms with E-state index in [0.29, 0.717) is 28.3 Å². The van der Waals surface area contributed by atoms with Crippen molar-refractivity contribution in [2.75, 3.05) is 17.7 Å². The van der Waals surface area contributed by atoms with Crippen LogP contribution in [-0.2, 0) is 19.6 Å². The summed E-state index contributed by atoms with van der Waals surface area (Å²) in [6.45, 7) is 1.74. The molecule has 12 heteroatoms. The lowest BCUT2D eigenvalue weighted by atomic mass is 10.1. The predicted octanol–water partition coefficient (Wildman–Crippen LogP) is 4.87. The molecule has 0 radical (unpaired) electrons. The summed E-state index contributed by atoms with van der Waals surface area (Å²) in [7, 11) is -2.28. The zero-order valence-corrected chi connectivity index (χ0v) is 25.4. The number of sulfonamides is 1. The molecular weight excluding hydrogens is 601 g/mol. The zero-order valence-electron chi connectivity index (χ0n) is 23.8. The fourth-order valence-electron chi connectivity index (χ4n) is 3.89. The van der Waals surface area contributed by atoms with Gasteiger partial charge in [-0.05, 0) is 91.4 Å². The van der Waals surface area contributed by atoms with Crippen molar-refractivity contribution in [3.63, 3.8) is 0 Å². The smallest absolute Gasteiger partial charge is 0.272 e. The number of carbonyl (C=O) groups excluding carboxylic acids is 3. The van der Waals surface area contributed by atoms with E-state index in [-0.39, 0.29) is 16.5 Å². The lowest BCUT2D eigenvalue weighted by molar-refractivity contribution is -0.115. The highest BCUT2D eigenvalue weighted by atomic mass is 32.2. The van der Waals surface area contributed by atoms with E-state index < -0.39 is 27.1 Å². The van der Waals surface area contributed by atoms with Crippen LogP contribution in [0, 0.1) is 0 Å². The highest BCUT2D eigenvalue weighted by Crippen LogP contribution is 2.26. The second-order valence-electron chi connectivity index (χ2n) is 9.45. The predicted molar refractivity (Wildman–Crippen MR) is 172 cm³/mol. The Hall–Kier alpha value is -4.91. The number of primary sulfonamides is 1. The first-order chi connectivity index (χ1) is 21.0. The van der Waals surface area contributed by atoms with Crippen LogP contribution in [0.5, 0.6) is 5.75 Å². The van der Waals surface area contributed by atoms with Gasteiger partial charge in [-0.1, -0.05) is 30.3 Å². The molecule has 0 fully saturated rings. The van der Waals surface area contributed by atoms with E-state index in [1.54, 1.807) is 99.0 Å². The molecule has 1 unspecified atom stereocenters. The number of ether oxygens (including phenoxy) is 1. The van der Waals surface area contributed by atoms with Crippen LogP contribution in [0.15, 0.2) is 119 Å². The summed E-state index contributed by atoms with van der Waals surface area (Å²) in [6.07, 6.45) is 1.56. The minimum Gasteiger partial charge on any atom is -0.497 e. The quantitative estimate of drug-likeness (QED) is 0.136. The summed E-state index contributed by atoms with van der Waals surface area (Å²) in [5.41, 5.74) is 2.01. The van der Waals surface area contributed by atoms with E-state index in [9.17, 15) is 22.8 Å². The second-order valence-corrected chi connectivity index (χ2v) is 12.4. The molecule has 0 saturated carbocycles. The molecule has 5 N–H and O–H groups in total. The molecule has 0 heterocycles. The summed E-state index contributed by atoms with van der Waals surface area (Å²) < 4.78 is 28.1. The highest BCUT2D eigenvalue weighted by Gasteiger charge is 2.17. The third-order valence-electron chi connectivity index (χ3n) is 6.18. The molecule has 3 amide bonds. The lowest BCUT2D eigenvalue weighted by Gasteiger charge is -2.14. The summed E-state index contributed by atoms with van der Waals surface area (Å²) in [4.78, 5) is 39.6. The molecule has 4 aromatic carbocycles. The first kappa shape index (κ1) is 32.0. The maximum absolute atomic E-state index is 13.3. The van der Waals surface area contributed by atoms with Crippen LogP contribution in [0.2, 0.25) is 0 Å². The minimum atomic E-state index is -3.82. The maximum atomic E-state index is 13.3. The fourth-order valence-corrected chi connectivity index (χ4v) is 5.27. The van der Waals surface area contributed by atoms with Gasteiger partial charge < -0.3 is 20.7 Å². The third-order valence-corrected chi connectivity index (χ3v) is 8.22. The summed E-state index contributed by atoms with van der Waals surface area (Å²) in [5, 5.41) is 12.9. The van der Waals surface area contributed by atoms with Crippen LogP contribution >= 0.6 is 11.8 Å². The number of nitrogens with one attached hydrogen (secondary N) is 3. The first-order valence-electron chi connectivity index (χ1n) is 13.3. The van der Waals surface area contributed by atoms with Crippen LogP contribution in [0.1, 0.15) is 22.8 Å². The number of hydrogen-bond acceptors (Lipinski definition) is 7. The van der Waals surface area contributed by atoms with Crippen LogP contribution in [0.25, 0.3) is 6.08 Å². The van der Waals surface area contributed by atoms with Crippen LogP contribution in [0.4, 0.5) is 11.4 Å². The van der Waals surface area contributed by atoms with E-state index in [1.807, 2.05) is 0 Å². The number of nitrogens with two attached hydrogens (primary N) is 1. The van der Waals surface area contributed by atoms with E-state index in [4.69, 9.17) is 9.88 Å². The topological polar surface area (TPSA) is 157 Å². The molecule has 44 heavy (non-hydrogen) atoms. The number of carbonyl (C=O) groups is 3. The first-order valence-corrected chi connectivity index (χ1v) is 15.7. The Bertz CT molecular complexity index is 1780. The highest BCUT2D eigenvalue weighted by molar-refractivity contribution is 8.00. The van der Waals surface area contributed by atoms with Crippen molar-refractivity contribution in [1.82, 2.24) is 5.32 Å². The second kappa shape index (κ2) is 14.5. The molecule has 0 saturated heterocycles. The Kier molecular flexibility index (Phi) is 10.6. The SMILES string of the molecule is COc1cccc(/C=C(\NC(=O)c2ccccc2)C(=O)Nc2ccc(SC(C)C(=O)Nc3ccc(S(N)(=O)=O)cc3)cc2)c1. The van der Waals surface area contributed by atoms with E-state index in [0.717, 1.165) is 4.90 Å². The van der Waals surface area contributed by atoms with Gasteiger partial charge in [-0.3, -0.25) is 14.4 Å². The van der Waals surface area contributed by atoms with Crippen LogP contribution in [0.3, 0.4) is 0 Å². The average Bonchev–Trinajstić information content (AvgIpc) is 3.02. The van der Waals surface area contributed by atoms with Gasteiger partial charge in [0.25, 0.3) is 11.8 Å². The van der Waals surface area contributed by atoms with Gasteiger partial charge in [0, 0.05) is 21.8 Å². The Morgan fingerprint density at radius 2 is 1.48 bits per heavy atom. The number of benzene rings is 4. The number of anilines is 2. The van der Waals surface area contributed by atoms with Crippen molar-refractivity contribution in [1.29, 1.82) is 0 Å². The zero-order chi connectivity index (χ0) is 31.7. The molecule has 4 rings (SSSR count). The molecule has 0 aliphatic carbocycles. The third kappa shape index (κ3) is 9.04. The van der Waals surface area contributed by atoms with Gasteiger partial charge in [0.05, 0.1) is 17.3 Å². The number of thioether (sulfide) groups is 1. The van der Waals surface area contributed by atoms with Crippen LogP contribution < -0.4 is 25.8 Å². The number of hydrogen-bond donors (Lipinski definition) is 4. The van der Waals surface area contributed by atoms with Crippen LogP contribution in [-0.4, -0.2) is 38.5 Å². The van der Waals surface area contributed by atoms with Crippen molar-refractivity contribution in [2.24, 2.45) is 5.14 Å². The lowest BCUT2D eigenvalue weighted by Crippen LogP contribution is -2.30. The fraction of sp³-hybridized carbons (Fsp3) is 0.0938. The molecular formula is C32H30N4O6S2. The monoisotopic (exact) mass is 630 g/mol. The molecule has 4 aromatic rings. The maximum Gasteiger partial charge on any atom is 0.272 e. The molecule has 226 valence electrons. The summed E-state index contributed by atoms with van der Waals surface area (Å²) >= 11 is 1.30. The van der Waals surface area contributed by atoms with Gasteiger partial charge in [0.1, 0.15) is 11.4 Å². The van der Waals surface area contributed by atoms with Gasteiger partial charge in [0.2, 0.25) is 15.9 Å². The Morgan fingerprint density at radius 1 is 0.841 bits per heavy atom. The van der Waals surface area contributed by atoms with Gasteiger partial charge in [0.15, 0.2) is 0 Å². The number of amides is 3. The van der Waals surface area contributed by atoms with Crippen molar-refractivity contribution >= 4 is 57.0 Å². The molecule has 0 aromatic heterocycles. The standard InChI is InChI=1S/C32H30N4O6S2/c1-21(30(37)34-25-13-17-28(18-14-25)44(33,40)41)43-27-15-11-24(12-16-27)35-32(39)29(20-22-7-6-10-26(19-22)42-2)36-31(38)23-8-4-3-5-9-23/h3-21H,1-2H3,(H,34,37)(H,35,39)(H,36,38)(H2,33,40,41)/b29-20-. The van der Waals surface area contributed by atoms with Gasteiger partial charge in [-0.25, -0.2) is 13.6 Å². The molecule has 0 aliphatic rings. The molecule has 10 nitrogen and oxygen atoms in total. The average molecular weight is 631 g/mol. The van der Waals surface area contributed by atoms with E-state index in [2.05, 4.69) is 16.0 Å². The Labute approximate surface area is 259 Å². The van der Waals surface area contributed by atoms with Gasteiger partial charge >= 0.3 is 0 Å². The molecule has 0 bridgehead atoms. The summed E-state index contributed by atoms with van der Waals surface area (Å²) in [6, 6.07) is 28.1. The van der Waals surface area contributed by atoms with Crippen molar-refractivity contribution in [3.8, 4) is 5.75 Å². The number of rotatable bonds is 11. The van der Waals surface area contributed by atoms with Crippen molar-refractivity contribution in [2.45, 2.75) is 22.0 Å². The van der Waals surface area contributed by atoms with Crippen molar-refractivity contribution in [3.05, 3.63) is 120 Å². The molecule has 0 spiro atoms. The van der Waals surface area contributed by atoms with Crippen molar-refractivity contribution < 1.29 is 27.5 Å². The minimum absolute atomic E-state index is 0.0351. The van der Waals surface area contributed by atoms with E-state index in [1.165, 1.54) is 36.0 Å². The molecule has 1 atom stereocenters. The number of methoxy groups -OCH3 is 1. The molecule has 0 aliphatic heterocycles. The normalized spacial score (nSPS) is 12.1. The van der Waals surface area contributed by atoms with Gasteiger partial charge in [-0.2, -0.15) is 0 Å².